The number of hydrogen-bond acceptors (Lipinski definition) is 6. The van der Waals surface area contributed by atoms with Crippen LogP contribution < -0.4 is 9.80 Å². The molecule has 0 aromatic carbocycles. The van der Waals surface area contributed by atoms with Crippen molar-refractivity contribution in [3.05, 3.63) is 34.2 Å². The monoisotopic (exact) mass is 400 g/mol. The van der Waals surface area contributed by atoms with Crippen LogP contribution in [0.5, 0.6) is 0 Å². The molecule has 0 radical (unpaired) electrons. The van der Waals surface area contributed by atoms with Crippen LogP contribution in [-0.2, 0) is 0 Å². The Morgan fingerprint density at radius 1 is 1.05 bits per heavy atom. The number of aromatic nitrogens is 4. The second-order valence-corrected chi connectivity index (χ2v) is 6.14. The fourth-order valence-corrected chi connectivity index (χ4v) is 2.64. The molecule has 1 saturated heterocycles. The first-order valence-corrected chi connectivity index (χ1v) is 7.68. The Hall–Kier alpha value is -1.58. The summed E-state index contributed by atoms with van der Waals surface area (Å²) in [4.78, 5) is 21.0. The van der Waals surface area contributed by atoms with Gasteiger partial charge in [0, 0.05) is 41.6 Å². The van der Waals surface area contributed by atoms with Gasteiger partial charge in [-0.15, -0.1) is 0 Å². The van der Waals surface area contributed by atoms with Crippen molar-refractivity contribution in [2.24, 2.45) is 0 Å². The Bertz CT molecular complexity index is 605. The van der Waals surface area contributed by atoms with Crippen molar-refractivity contribution in [1.82, 2.24) is 19.9 Å². The average molecular weight is 400 g/mol. The van der Waals surface area contributed by atoms with E-state index in [1.165, 1.54) is 12.4 Å². The maximum absolute atomic E-state index is 12.9. The second kappa shape index (κ2) is 6.04. The van der Waals surface area contributed by atoms with E-state index in [-0.39, 0.29) is 6.04 Å². The summed E-state index contributed by atoms with van der Waals surface area (Å²) >= 11 is 2.19. The number of piperazine rings is 1. The summed E-state index contributed by atoms with van der Waals surface area (Å²) in [5.41, 5.74) is 0. The maximum atomic E-state index is 12.9. The van der Waals surface area contributed by atoms with E-state index in [0.29, 0.717) is 5.95 Å². The SMILES string of the molecule is C[C@@H]1CN(c2ncc(F)cn2)CCN1c1ncc(I)cn1. The van der Waals surface area contributed by atoms with Crippen LogP contribution in [0.25, 0.3) is 0 Å². The van der Waals surface area contributed by atoms with E-state index >= 15 is 0 Å². The molecule has 6 nitrogen and oxygen atoms in total. The van der Waals surface area contributed by atoms with Crippen LogP contribution in [0.4, 0.5) is 16.3 Å². The topological polar surface area (TPSA) is 58.0 Å². The van der Waals surface area contributed by atoms with Gasteiger partial charge in [-0.25, -0.2) is 24.3 Å². The first-order chi connectivity index (χ1) is 10.1. The smallest absolute Gasteiger partial charge is 0.225 e. The molecule has 0 saturated carbocycles. The van der Waals surface area contributed by atoms with Crippen LogP contribution in [0.2, 0.25) is 0 Å². The fourth-order valence-electron chi connectivity index (χ4n) is 2.36. The molecule has 2 aromatic rings. The zero-order chi connectivity index (χ0) is 14.8. The van der Waals surface area contributed by atoms with Gasteiger partial charge in [0.15, 0.2) is 5.82 Å². The van der Waals surface area contributed by atoms with E-state index in [1.807, 2.05) is 17.3 Å². The number of hydrogen-bond donors (Lipinski definition) is 0. The van der Waals surface area contributed by atoms with Gasteiger partial charge in [0.25, 0.3) is 0 Å². The molecule has 0 N–H and O–H groups in total. The standard InChI is InChI=1S/C13H14FIN6/c1-9-8-20(12-16-4-10(14)5-17-12)2-3-21(9)13-18-6-11(15)7-19-13/h4-7,9H,2-3,8H2,1H3/t9-/m1/s1. The second-order valence-electron chi connectivity index (χ2n) is 4.89. The Labute approximate surface area is 135 Å². The molecular formula is C13H14FIN6. The van der Waals surface area contributed by atoms with Gasteiger partial charge in [-0.2, -0.15) is 0 Å². The lowest BCUT2D eigenvalue weighted by Gasteiger charge is -2.39. The van der Waals surface area contributed by atoms with E-state index in [1.54, 1.807) is 0 Å². The average Bonchev–Trinajstić information content (AvgIpc) is 2.49. The number of rotatable bonds is 2. The molecule has 1 aliphatic heterocycles. The van der Waals surface area contributed by atoms with Crippen molar-refractivity contribution < 1.29 is 4.39 Å². The highest BCUT2D eigenvalue weighted by molar-refractivity contribution is 14.1. The van der Waals surface area contributed by atoms with Crippen LogP contribution in [-0.4, -0.2) is 45.6 Å². The minimum Gasteiger partial charge on any atom is -0.337 e. The van der Waals surface area contributed by atoms with Gasteiger partial charge in [-0.05, 0) is 29.5 Å². The molecule has 0 aliphatic carbocycles. The summed E-state index contributed by atoms with van der Waals surface area (Å²) in [6.45, 7) is 4.39. The predicted molar refractivity (Wildman–Crippen MR) is 85.8 cm³/mol. The van der Waals surface area contributed by atoms with Crippen molar-refractivity contribution >= 4 is 34.5 Å². The van der Waals surface area contributed by atoms with Crippen molar-refractivity contribution in [1.29, 1.82) is 0 Å². The molecule has 2 aromatic heterocycles. The lowest BCUT2D eigenvalue weighted by Crippen LogP contribution is -2.53. The van der Waals surface area contributed by atoms with Crippen molar-refractivity contribution in [3.8, 4) is 0 Å². The van der Waals surface area contributed by atoms with Gasteiger partial charge in [0.2, 0.25) is 11.9 Å². The summed E-state index contributed by atoms with van der Waals surface area (Å²) in [6.07, 6.45) is 6.01. The normalized spacial score (nSPS) is 18.9. The first-order valence-electron chi connectivity index (χ1n) is 6.60. The van der Waals surface area contributed by atoms with Crippen molar-refractivity contribution in [3.63, 3.8) is 0 Å². The highest BCUT2D eigenvalue weighted by atomic mass is 127. The molecule has 21 heavy (non-hydrogen) atoms. The van der Waals surface area contributed by atoms with Gasteiger partial charge in [0.05, 0.1) is 12.4 Å². The third-order valence-corrected chi connectivity index (χ3v) is 3.94. The number of halogens is 2. The van der Waals surface area contributed by atoms with Crippen LogP contribution in [0, 0.1) is 9.39 Å². The molecule has 1 atom stereocenters. The van der Waals surface area contributed by atoms with E-state index in [4.69, 9.17) is 0 Å². The molecule has 110 valence electrons. The molecular weight excluding hydrogens is 386 g/mol. The zero-order valence-corrected chi connectivity index (χ0v) is 13.6. The first kappa shape index (κ1) is 14.4. The summed E-state index contributed by atoms with van der Waals surface area (Å²) in [6, 6.07) is 0.229. The molecule has 3 rings (SSSR count). The molecule has 8 heteroatoms. The van der Waals surface area contributed by atoms with Crippen molar-refractivity contribution in [2.75, 3.05) is 29.4 Å². The van der Waals surface area contributed by atoms with Crippen molar-refractivity contribution in [2.45, 2.75) is 13.0 Å². The minimum atomic E-state index is -0.419. The van der Waals surface area contributed by atoms with Crippen LogP contribution in [0.3, 0.4) is 0 Å². The van der Waals surface area contributed by atoms with Gasteiger partial charge in [-0.3, -0.25) is 0 Å². The predicted octanol–water partition coefficient (Wildman–Crippen LogP) is 1.73. The Morgan fingerprint density at radius 3 is 2.29 bits per heavy atom. The summed E-state index contributed by atoms with van der Waals surface area (Å²) in [5.74, 6) is 0.881. The van der Waals surface area contributed by atoms with Gasteiger partial charge < -0.3 is 9.80 Å². The third-order valence-electron chi connectivity index (χ3n) is 3.38. The van der Waals surface area contributed by atoms with Crippen LogP contribution >= 0.6 is 22.6 Å². The number of nitrogens with zero attached hydrogens (tertiary/aromatic N) is 6. The third kappa shape index (κ3) is 3.20. The maximum Gasteiger partial charge on any atom is 0.225 e. The molecule has 1 fully saturated rings. The summed E-state index contributed by atoms with van der Waals surface area (Å²) in [5, 5.41) is 0. The molecule has 3 heterocycles. The fraction of sp³-hybridized carbons (Fsp3) is 0.385. The molecule has 0 spiro atoms. The summed E-state index contributed by atoms with van der Waals surface area (Å²) < 4.78 is 13.9. The molecule has 0 unspecified atom stereocenters. The van der Waals surface area contributed by atoms with Gasteiger partial charge in [-0.1, -0.05) is 0 Å². The lowest BCUT2D eigenvalue weighted by molar-refractivity contribution is 0.530. The lowest BCUT2D eigenvalue weighted by atomic mass is 10.2. The minimum absolute atomic E-state index is 0.229. The van der Waals surface area contributed by atoms with E-state index in [0.717, 1.165) is 29.2 Å². The Morgan fingerprint density at radius 2 is 1.67 bits per heavy atom. The van der Waals surface area contributed by atoms with E-state index < -0.39 is 5.82 Å². The quantitative estimate of drug-likeness (QED) is 0.716. The van der Waals surface area contributed by atoms with Crippen LogP contribution in [0.1, 0.15) is 6.92 Å². The highest BCUT2D eigenvalue weighted by Crippen LogP contribution is 2.19. The zero-order valence-electron chi connectivity index (χ0n) is 11.4. The Balaban J connectivity index is 1.72. The highest BCUT2D eigenvalue weighted by Gasteiger charge is 2.26. The molecule has 0 bridgehead atoms. The van der Waals surface area contributed by atoms with E-state index in [2.05, 4.69) is 54.4 Å². The molecule has 0 amide bonds. The Kier molecular flexibility index (Phi) is 4.13. The van der Waals surface area contributed by atoms with Gasteiger partial charge >= 0.3 is 0 Å². The largest absolute Gasteiger partial charge is 0.337 e. The van der Waals surface area contributed by atoms with Crippen LogP contribution in [0.15, 0.2) is 24.8 Å². The summed E-state index contributed by atoms with van der Waals surface area (Å²) in [7, 11) is 0. The van der Waals surface area contributed by atoms with Gasteiger partial charge in [0.1, 0.15) is 0 Å². The van der Waals surface area contributed by atoms with E-state index in [9.17, 15) is 4.39 Å². The molecule has 1 aliphatic rings. The number of anilines is 2.